The minimum Gasteiger partial charge on any atom is -0.481 e. The van der Waals surface area contributed by atoms with Gasteiger partial charge in [0.15, 0.2) is 5.60 Å². The molecule has 7 heteroatoms. The van der Waals surface area contributed by atoms with Crippen molar-refractivity contribution in [2.75, 3.05) is 6.61 Å². The van der Waals surface area contributed by atoms with Gasteiger partial charge in [-0.3, -0.25) is 9.59 Å². The highest BCUT2D eigenvalue weighted by atomic mass is 16.5. The van der Waals surface area contributed by atoms with Gasteiger partial charge in [0.1, 0.15) is 5.41 Å². The molecule has 0 aliphatic carbocycles. The molecule has 0 saturated heterocycles. The van der Waals surface area contributed by atoms with Gasteiger partial charge in [-0.1, -0.05) is 18.2 Å². The van der Waals surface area contributed by atoms with E-state index in [0.29, 0.717) is 0 Å². The SMILES string of the molecule is C=CCOC(CC(=O)O)(C(=O)O)C(CC=C)(CC=C)C(=O)O. The van der Waals surface area contributed by atoms with Gasteiger partial charge in [-0.05, 0) is 12.8 Å². The van der Waals surface area contributed by atoms with E-state index >= 15 is 0 Å². The quantitative estimate of drug-likeness (QED) is 0.469. The number of hydrogen-bond acceptors (Lipinski definition) is 4. The Morgan fingerprint density at radius 1 is 0.909 bits per heavy atom. The summed E-state index contributed by atoms with van der Waals surface area (Å²) in [5.74, 6) is -4.67. The van der Waals surface area contributed by atoms with Crippen LogP contribution in [0.2, 0.25) is 0 Å². The van der Waals surface area contributed by atoms with Crippen LogP contribution < -0.4 is 0 Å². The number of carboxylic acid groups (broad SMARTS) is 3. The lowest BCUT2D eigenvalue weighted by atomic mass is 9.65. The normalized spacial score (nSPS) is 13.6. The van der Waals surface area contributed by atoms with E-state index in [2.05, 4.69) is 19.7 Å². The van der Waals surface area contributed by atoms with Gasteiger partial charge in [0.2, 0.25) is 0 Å². The number of carboxylic acids is 3. The summed E-state index contributed by atoms with van der Waals surface area (Å²) in [5, 5.41) is 28.3. The Balaban J connectivity index is 6.43. The molecule has 122 valence electrons. The number of rotatable bonds is 12. The number of ether oxygens (including phenoxy) is 1. The molecule has 0 aliphatic heterocycles. The van der Waals surface area contributed by atoms with Gasteiger partial charge in [0, 0.05) is 0 Å². The summed E-state index contributed by atoms with van der Waals surface area (Å²) in [4.78, 5) is 34.8. The Bertz CT molecular complexity index is 470. The lowest BCUT2D eigenvalue weighted by Crippen LogP contribution is -2.60. The predicted octanol–water partition coefficient (Wildman–Crippen LogP) is 1.71. The van der Waals surface area contributed by atoms with Crippen LogP contribution in [0.5, 0.6) is 0 Å². The average molecular weight is 312 g/mol. The Labute approximate surface area is 128 Å². The predicted molar refractivity (Wildman–Crippen MR) is 78.5 cm³/mol. The molecule has 3 N–H and O–H groups in total. The van der Waals surface area contributed by atoms with Crippen LogP contribution in [0.4, 0.5) is 0 Å². The van der Waals surface area contributed by atoms with Gasteiger partial charge in [-0.25, -0.2) is 4.79 Å². The molecule has 0 amide bonds. The Morgan fingerprint density at radius 2 is 1.41 bits per heavy atom. The van der Waals surface area contributed by atoms with Gasteiger partial charge in [-0.15, -0.1) is 19.7 Å². The Hall–Kier alpha value is -2.41. The highest BCUT2D eigenvalue weighted by Crippen LogP contribution is 2.45. The van der Waals surface area contributed by atoms with E-state index < -0.39 is 35.3 Å². The maximum atomic E-state index is 11.8. The zero-order valence-corrected chi connectivity index (χ0v) is 12.2. The van der Waals surface area contributed by atoms with Gasteiger partial charge in [0.05, 0.1) is 13.0 Å². The summed E-state index contributed by atoms with van der Waals surface area (Å²) in [6.45, 7) is 9.91. The van der Waals surface area contributed by atoms with Crippen molar-refractivity contribution in [2.24, 2.45) is 5.41 Å². The maximum absolute atomic E-state index is 11.8. The Morgan fingerprint density at radius 3 is 1.68 bits per heavy atom. The highest BCUT2D eigenvalue weighted by Gasteiger charge is 2.62. The molecular formula is C15H20O7. The van der Waals surface area contributed by atoms with Crippen LogP contribution in [0, 0.1) is 5.41 Å². The standard InChI is InChI=1S/C15H20O7/c1-4-7-14(8-5-2,12(18)19)15(13(20)21,10-11(16)17)22-9-6-3/h4-6H,1-3,7-10H2,(H,16,17)(H,18,19)(H,20,21). The van der Waals surface area contributed by atoms with E-state index in [9.17, 15) is 24.6 Å². The largest absolute Gasteiger partial charge is 0.481 e. The molecule has 0 radical (unpaired) electrons. The minimum absolute atomic E-state index is 0.301. The third-order valence-corrected chi connectivity index (χ3v) is 3.36. The summed E-state index contributed by atoms with van der Waals surface area (Å²) < 4.78 is 5.21. The third kappa shape index (κ3) is 3.62. The molecule has 0 aromatic carbocycles. The molecule has 0 spiro atoms. The van der Waals surface area contributed by atoms with Crippen LogP contribution in [0.25, 0.3) is 0 Å². The van der Waals surface area contributed by atoms with Crippen LogP contribution in [0.15, 0.2) is 38.0 Å². The number of aliphatic carboxylic acids is 3. The fourth-order valence-electron chi connectivity index (χ4n) is 2.37. The van der Waals surface area contributed by atoms with Crippen molar-refractivity contribution >= 4 is 17.9 Å². The summed E-state index contributed by atoms with van der Waals surface area (Å²) in [7, 11) is 0. The third-order valence-electron chi connectivity index (χ3n) is 3.36. The first-order valence-electron chi connectivity index (χ1n) is 6.39. The van der Waals surface area contributed by atoms with Gasteiger partial charge < -0.3 is 20.1 Å². The molecule has 0 saturated carbocycles. The van der Waals surface area contributed by atoms with Crippen molar-refractivity contribution in [2.45, 2.75) is 24.9 Å². The second-order valence-corrected chi connectivity index (χ2v) is 4.68. The first-order valence-corrected chi connectivity index (χ1v) is 6.39. The zero-order valence-electron chi connectivity index (χ0n) is 12.2. The number of allylic oxidation sites excluding steroid dienone is 2. The topological polar surface area (TPSA) is 121 Å². The first kappa shape index (κ1) is 19.6. The van der Waals surface area contributed by atoms with Gasteiger partial charge in [-0.2, -0.15) is 0 Å². The number of hydrogen-bond donors (Lipinski definition) is 3. The van der Waals surface area contributed by atoms with E-state index in [-0.39, 0.29) is 19.4 Å². The summed E-state index contributed by atoms with van der Waals surface area (Å²) in [5.41, 5.74) is -4.54. The molecule has 0 aromatic heterocycles. The van der Waals surface area contributed by atoms with E-state index in [4.69, 9.17) is 9.84 Å². The van der Waals surface area contributed by atoms with Crippen LogP contribution in [-0.4, -0.2) is 45.4 Å². The Kier molecular flexibility index (Phi) is 7.24. The summed E-state index contributed by atoms with van der Waals surface area (Å²) in [6.07, 6.45) is 2.02. The molecule has 0 aromatic rings. The van der Waals surface area contributed by atoms with Crippen molar-refractivity contribution in [3.8, 4) is 0 Å². The van der Waals surface area contributed by atoms with Crippen LogP contribution in [-0.2, 0) is 19.1 Å². The fourth-order valence-corrected chi connectivity index (χ4v) is 2.37. The first-order chi connectivity index (χ1) is 10.2. The summed E-state index contributed by atoms with van der Waals surface area (Å²) in [6, 6.07) is 0. The lowest BCUT2D eigenvalue weighted by molar-refractivity contribution is -0.202. The molecule has 0 rings (SSSR count). The summed E-state index contributed by atoms with van der Waals surface area (Å²) >= 11 is 0. The molecule has 0 bridgehead atoms. The van der Waals surface area contributed by atoms with Crippen LogP contribution in [0.3, 0.4) is 0 Å². The molecule has 1 unspecified atom stereocenters. The second kappa shape index (κ2) is 8.14. The fraction of sp³-hybridized carbons (Fsp3) is 0.400. The van der Waals surface area contributed by atoms with Crippen LogP contribution in [0.1, 0.15) is 19.3 Å². The average Bonchev–Trinajstić information content (AvgIpc) is 2.42. The van der Waals surface area contributed by atoms with Crippen LogP contribution >= 0.6 is 0 Å². The van der Waals surface area contributed by atoms with E-state index in [1.807, 2.05) is 0 Å². The number of carbonyl (C=O) groups is 3. The molecule has 0 aliphatic rings. The van der Waals surface area contributed by atoms with Crippen molar-refractivity contribution in [1.82, 2.24) is 0 Å². The smallest absolute Gasteiger partial charge is 0.337 e. The molecule has 0 heterocycles. The molecule has 22 heavy (non-hydrogen) atoms. The molecule has 7 nitrogen and oxygen atoms in total. The monoisotopic (exact) mass is 312 g/mol. The van der Waals surface area contributed by atoms with Crippen molar-refractivity contribution in [1.29, 1.82) is 0 Å². The molecule has 1 atom stereocenters. The van der Waals surface area contributed by atoms with Crippen molar-refractivity contribution < 1.29 is 34.4 Å². The second-order valence-electron chi connectivity index (χ2n) is 4.68. The van der Waals surface area contributed by atoms with E-state index in [1.165, 1.54) is 18.2 Å². The van der Waals surface area contributed by atoms with Crippen molar-refractivity contribution in [3.05, 3.63) is 38.0 Å². The molecular weight excluding hydrogens is 292 g/mol. The minimum atomic E-state index is -2.48. The van der Waals surface area contributed by atoms with Gasteiger partial charge >= 0.3 is 17.9 Å². The highest BCUT2D eigenvalue weighted by molar-refractivity contribution is 5.92. The van der Waals surface area contributed by atoms with E-state index in [0.717, 1.165) is 0 Å². The molecule has 0 fully saturated rings. The lowest BCUT2D eigenvalue weighted by Gasteiger charge is -2.42. The van der Waals surface area contributed by atoms with E-state index in [1.54, 1.807) is 0 Å². The van der Waals surface area contributed by atoms with Gasteiger partial charge in [0.25, 0.3) is 0 Å². The van der Waals surface area contributed by atoms with Crippen molar-refractivity contribution in [3.63, 3.8) is 0 Å². The maximum Gasteiger partial charge on any atom is 0.337 e. The zero-order chi connectivity index (χ0) is 17.4.